The number of benzene rings is 1. The fraction of sp³-hybridized carbons (Fsp3) is 0.455. The number of nitrogens with one attached hydrogen (secondary N) is 1. The van der Waals surface area contributed by atoms with Crippen LogP contribution < -0.4 is 10.2 Å². The quantitative estimate of drug-likeness (QED) is 0.836. The summed E-state index contributed by atoms with van der Waals surface area (Å²) in [6.07, 6.45) is 1.05. The Bertz CT molecular complexity index is 356. The standard InChI is InChI=1S/C11H14ClFN2/c1-14-9-4-5-15(7-9)11-3-2-8(12)6-10(11)13/h2-3,6,9,14H,4-5,7H2,1H3/t9-/m0/s1. The summed E-state index contributed by atoms with van der Waals surface area (Å²) in [6, 6.07) is 5.30. The number of rotatable bonds is 2. The average Bonchev–Trinajstić information content (AvgIpc) is 2.66. The molecular weight excluding hydrogens is 215 g/mol. The molecule has 1 aliphatic rings. The Kier molecular flexibility index (Phi) is 3.12. The van der Waals surface area contributed by atoms with Crippen LogP contribution in [0.1, 0.15) is 6.42 Å². The highest BCUT2D eigenvalue weighted by molar-refractivity contribution is 6.30. The molecule has 0 radical (unpaired) electrons. The van der Waals surface area contributed by atoms with Crippen molar-refractivity contribution in [3.05, 3.63) is 29.0 Å². The van der Waals surface area contributed by atoms with Crippen LogP contribution in [0.3, 0.4) is 0 Å². The fourth-order valence-corrected chi connectivity index (χ4v) is 2.11. The summed E-state index contributed by atoms with van der Waals surface area (Å²) < 4.78 is 13.6. The van der Waals surface area contributed by atoms with E-state index in [0.717, 1.165) is 19.5 Å². The highest BCUT2D eigenvalue weighted by Crippen LogP contribution is 2.25. The largest absolute Gasteiger partial charge is 0.368 e. The number of nitrogens with zero attached hydrogens (tertiary/aromatic N) is 1. The lowest BCUT2D eigenvalue weighted by molar-refractivity contribution is 0.609. The second kappa shape index (κ2) is 4.37. The Balaban J connectivity index is 2.17. The van der Waals surface area contributed by atoms with Crippen LogP contribution in [0.4, 0.5) is 10.1 Å². The van der Waals surface area contributed by atoms with Gasteiger partial charge in [0.05, 0.1) is 5.69 Å². The van der Waals surface area contributed by atoms with Gasteiger partial charge in [0.1, 0.15) is 5.82 Å². The van der Waals surface area contributed by atoms with Crippen LogP contribution in [0.2, 0.25) is 5.02 Å². The van der Waals surface area contributed by atoms with E-state index in [-0.39, 0.29) is 5.82 Å². The maximum Gasteiger partial charge on any atom is 0.147 e. The number of anilines is 1. The van der Waals surface area contributed by atoms with Gasteiger partial charge in [0, 0.05) is 24.2 Å². The van der Waals surface area contributed by atoms with Gasteiger partial charge in [0.25, 0.3) is 0 Å². The van der Waals surface area contributed by atoms with Crippen molar-refractivity contribution in [1.82, 2.24) is 5.32 Å². The molecule has 1 N–H and O–H groups in total. The highest BCUT2D eigenvalue weighted by Gasteiger charge is 2.22. The van der Waals surface area contributed by atoms with Crippen LogP contribution in [-0.2, 0) is 0 Å². The fourth-order valence-electron chi connectivity index (χ4n) is 1.95. The first-order valence-electron chi connectivity index (χ1n) is 5.08. The molecule has 15 heavy (non-hydrogen) atoms. The van der Waals surface area contributed by atoms with Crippen LogP contribution in [0.25, 0.3) is 0 Å². The Labute approximate surface area is 94.0 Å². The molecule has 4 heteroatoms. The van der Waals surface area contributed by atoms with Crippen molar-refractivity contribution < 1.29 is 4.39 Å². The van der Waals surface area contributed by atoms with Crippen molar-refractivity contribution in [2.45, 2.75) is 12.5 Å². The molecule has 1 heterocycles. The minimum absolute atomic E-state index is 0.237. The number of hydrogen-bond donors (Lipinski definition) is 1. The molecule has 1 saturated heterocycles. The molecule has 2 nitrogen and oxygen atoms in total. The van der Waals surface area contributed by atoms with Gasteiger partial charge in [0.15, 0.2) is 0 Å². The zero-order valence-electron chi connectivity index (χ0n) is 8.63. The van der Waals surface area contributed by atoms with Crippen LogP contribution in [0, 0.1) is 5.82 Å². The van der Waals surface area contributed by atoms with Crippen molar-refractivity contribution in [1.29, 1.82) is 0 Å². The SMILES string of the molecule is CN[C@H]1CCN(c2ccc(Cl)cc2F)C1. The first-order valence-corrected chi connectivity index (χ1v) is 5.46. The monoisotopic (exact) mass is 228 g/mol. The van der Waals surface area contributed by atoms with Crippen LogP contribution >= 0.6 is 11.6 Å². The van der Waals surface area contributed by atoms with E-state index in [0.29, 0.717) is 16.8 Å². The number of halogens is 2. The molecule has 0 unspecified atom stereocenters. The first-order chi connectivity index (χ1) is 7.20. The minimum atomic E-state index is -0.237. The molecule has 1 aromatic rings. The first kappa shape index (κ1) is 10.7. The van der Waals surface area contributed by atoms with Gasteiger partial charge < -0.3 is 10.2 Å². The molecule has 82 valence electrons. The maximum atomic E-state index is 13.6. The zero-order chi connectivity index (χ0) is 10.8. The van der Waals surface area contributed by atoms with Gasteiger partial charge in [-0.05, 0) is 31.7 Å². The van der Waals surface area contributed by atoms with E-state index in [9.17, 15) is 4.39 Å². The van der Waals surface area contributed by atoms with E-state index in [1.165, 1.54) is 6.07 Å². The van der Waals surface area contributed by atoms with E-state index >= 15 is 0 Å². The molecule has 0 spiro atoms. The Morgan fingerprint density at radius 1 is 1.53 bits per heavy atom. The molecule has 1 atom stereocenters. The molecule has 1 aromatic carbocycles. The number of likely N-dealkylation sites (N-methyl/N-ethyl adjacent to an activating group) is 1. The topological polar surface area (TPSA) is 15.3 Å². The Morgan fingerprint density at radius 2 is 2.33 bits per heavy atom. The minimum Gasteiger partial charge on any atom is -0.368 e. The smallest absolute Gasteiger partial charge is 0.147 e. The summed E-state index contributed by atoms with van der Waals surface area (Å²) in [5, 5.41) is 3.65. The number of hydrogen-bond acceptors (Lipinski definition) is 2. The molecule has 1 aliphatic heterocycles. The van der Waals surface area contributed by atoms with E-state index < -0.39 is 0 Å². The van der Waals surface area contributed by atoms with E-state index in [2.05, 4.69) is 5.32 Å². The van der Waals surface area contributed by atoms with E-state index in [1.807, 2.05) is 11.9 Å². The zero-order valence-corrected chi connectivity index (χ0v) is 9.39. The lowest BCUT2D eigenvalue weighted by Gasteiger charge is -2.19. The molecule has 0 saturated carbocycles. The van der Waals surface area contributed by atoms with Gasteiger partial charge in [-0.1, -0.05) is 11.6 Å². The van der Waals surface area contributed by atoms with Crippen molar-refractivity contribution >= 4 is 17.3 Å². The average molecular weight is 229 g/mol. The molecule has 0 aliphatic carbocycles. The highest BCUT2D eigenvalue weighted by atomic mass is 35.5. The van der Waals surface area contributed by atoms with Gasteiger partial charge in [-0.3, -0.25) is 0 Å². The predicted octanol–water partition coefficient (Wildman–Crippen LogP) is 2.28. The third-order valence-electron chi connectivity index (χ3n) is 2.85. The lowest BCUT2D eigenvalue weighted by atomic mass is 10.3. The van der Waals surface area contributed by atoms with Gasteiger partial charge in [-0.25, -0.2) is 4.39 Å². The predicted molar refractivity (Wildman–Crippen MR) is 61.1 cm³/mol. The molecule has 2 rings (SSSR count). The summed E-state index contributed by atoms with van der Waals surface area (Å²) >= 11 is 5.71. The van der Waals surface area contributed by atoms with Crippen molar-refractivity contribution in [3.63, 3.8) is 0 Å². The molecule has 0 bridgehead atoms. The van der Waals surface area contributed by atoms with Gasteiger partial charge in [-0.2, -0.15) is 0 Å². The van der Waals surface area contributed by atoms with Gasteiger partial charge in [0.2, 0.25) is 0 Å². The van der Waals surface area contributed by atoms with Crippen LogP contribution in [0.5, 0.6) is 0 Å². The van der Waals surface area contributed by atoms with Crippen molar-refractivity contribution in [3.8, 4) is 0 Å². The summed E-state index contributed by atoms with van der Waals surface area (Å²) in [4.78, 5) is 2.05. The normalized spacial score (nSPS) is 21.0. The third kappa shape index (κ3) is 2.24. The molecule has 1 fully saturated rings. The molecule has 0 aromatic heterocycles. The second-order valence-corrected chi connectivity index (χ2v) is 4.25. The Hall–Kier alpha value is -0.800. The van der Waals surface area contributed by atoms with Crippen molar-refractivity contribution in [2.24, 2.45) is 0 Å². The van der Waals surface area contributed by atoms with Crippen LogP contribution in [-0.4, -0.2) is 26.2 Å². The summed E-state index contributed by atoms with van der Waals surface area (Å²) in [7, 11) is 1.94. The van der Waals surface area contributed by atoms with Gasteiger partial charge >= 0.3 is 0 Å². The van der Waals surface area contributed by atoms with E-state index in [1.54, 1.807) is 12.1 Å². The lowest BCUT2D eigenvalue weighted by Crippen LogP contribution is -2.29. The summed E-state index contributed by atoms with van der Waals surface area (Å²) in [5.74, 6) is -0.237. The van der Waals surface area contributed by atoms with Crippen molar-refractivity contribution in [2.75, 3.05) is 25.0 Å². The molecule has 0 amide bonds. The van der Waals surface area contributed by atoms with Gasteiger partial charge in [-0.15, -0.1) is 0 Å². The summed E-state index contributed by atoms with van der Waals surface area (Å²) in [6.45, 7) is 1.75. The molecular formula is C11H14ClFN2. The maximum absolute atomic E-state index is 13.6. The Morgan fingerprint density at radius 3 is 2.93 bits per heavy atom. The summed E-state index contributed by atoms with van der Waals surface area (Å²) in [5.41, 5.74) is 0.650. The van der Waals surface area contributed by atoms with Crippen LogP contribution in [0.15, 0.2) is 18.2 Å². The third-order valence-corrected chi connectivity index (χ3v) is 3.08. The second-order valence-electron chi connectivity index (χ2n) is 3.82. The van der Waals surface area contributed by atoms with E-state index in [4.69, 9.17) is 11.6 Å².